The Kier molecular flexibility index (Phi) is 4.98. The summed E-state index contributed by atoms with van der Waals surface area (Å²) in [7, 11) is 0. The van der Waals surface area contributed by atoms with Crippen LogP contribution < -0.4 is 0 Å². The number of benzene rings is 1. The van der Waals surface area contributed by atoms with E-state index in [4.69, 9.17) is 4.74 Å². The van der Waals surface area contributed by atoms with Crippen molar-refractivity contribution >= 4 is 6.09 Å². The normalized spacial score (nSPS) is 23.6. The van der Waals surface area contributed by atoms with Gasteiger partial charge in [-0.3, -0.25) is 4.90 Å². The van der Waals surface area contributed by atoms with Crippen LogP contribution in [0.5, 0.6) is 0 Å². The second kappa shape index (κ2) is 7.00. The largest absolute Gasteiger partial charge is 0.445 e. The summed E-state index contributed by atoms with van der Waals surface area (Å²) in [4.78, 5) is 14.6. The maximum Gasteiger partial charge on any atom is 0.410 e. The summed E-state index contributed by atoms with van der Waals surface area (Å²) in [6, 6.07) is 10.4. The number of fused-ring (bicyclic) bond motifs is 2. The number of amides is 1. The summed E-state index contributed by atoms with van der Waals surface area (Å²) in [5, 5.41) is 0. The van der Waals surface area contributed by atoms with Crippen LogP contribution in [0.15, 0.2) is 42.0 Å². The highest BCUT2D eigenvalue weighted by molar-refractivity contribution is 5.69. The Hall–Kier alpha value is -1.77. The summed E-state index contributed by atoms with van der Waals surface area (Å²) in [5.74, 6) is 0. The molecule has 0 spiro atoms. The molecule has 0 aromatic heterocycles. The van der Waals surface area contributed by atoms with E-state index in [1.165, 1.54) is 12.0 Å². The van der Waals surface area contributed by atoms with Crippen molar-refractivity contribution in [3.8, 4) is 0 Å². The Morgan fingerprint density at radius 2 is 1.96 bits per heavy atom. The SMILES string of the molecule is CC(C)(C)CC1=CC2CCCC(C1)N2C(=O)OCc1ccccc1. The standard InChI is InChI=1S/C21H29NO2/c1-21(2,3)14-17-12-18-10-7-11-19(13-17)22(18)20(23)24-15-16-8-5-4-6-9-16/h4-6,8-9,12,18-19H,7,10-11,13-15H2,1-3H3. The van der Waals surface area contributed by atoms with Crippen molar-refractivity contribution in [1.29, 1.82) is 0 Å². The Bertz CT molecular complexity index is 600. The molecule has 2 aliphatic rings. The molecule has 1 saturated heterocycles. The van der Waals surface area contributed by atoms with E-state index < -0.39 is 0 Å². The lowest BCUT2D eigenvalue weighted by molar-refractivity contribution is 0.0474. The van der Waals surface area contributed by atoms with Gasteiger partial charge in [0.25, 0.3) is 0 Å². The zero-order valence-corrected chi connectivity index (χ0v) is 15.1. The molecule has 2 aliphatic heterocycles. The van der Waals surface area contributed by atoms with Gasteiger partial charge in [0.1, 0.15) is 6.61 Å². The first-order valence-corrected chi connectivity index (χ1v) is 9.11. The number of hydrogen-bond acceptors (Lipinski definition) is 2. The van der Waals surface area contributed by atoms with E-state index in [0.717, 1.165) is 31.2 Å². The minimum absolute atomic E-state index is 0.153. The lowest BCUT2D eigenvalue weighted by atomic mass is 9.79. The third-order valence-corrected chi connectivity index (χ3v) is 4.89. The van der Waals surface area contributed by atoms with Gasteiger partial charge in [-0.05, 0) is 43.1 Å². The fraction of sp³-hybridized carbons (Fsp3) is 0.571. The van der Waals surface area contributed by atoms with Gasteiger partial charge in [-0.2, -0.15) is 0 Å². The van der Waals surface area contributed by atoms with Crippen LogP contribution in [0.2, 0.25) is 0 Å². The van der Waals surface area contributed by atoms with Crippen molar-refractivity contribution in [2.45, 2.75) is 71.6 Å². The van der Waals surface area contributed by atoms with Gasteiger partial charge in [0.2, 0.25) is 0 Å². The van der Waals surface area contributed by atoms with Gasteiger partial charge in [-0.1, -0.05) is 62.8 Å². The molecule has 130 valence electrons. The van der Waals surface area contributed by atoms with Crippen LogP contribution in [-0.2, 0) is 11.3 Å². The topological polar surface area (TPSA) is 29.5 Å². The highest BCUT2D eigenvalue weighted by Gasteiger charge is 2.38. The van der Waals surface area contributed by atoms with E-state index in [0.29, 0.717) is 18.1 Å². The Labute approximate surface area is 145 Å². The van der Waals surface area contributed by atoms with Crippen LogP contribution in [0.25, 0.3) is 0 Å². The van der Waals surface area contributed by atoms with Crippen molar-refractivity contribution in [3.63, 3.8) is 0 Å². The van der Waals surface area contributed by atoms with Crippen LogP contribution >= 0.6 is 0 Å². The number of carbonyl (C=O) groups excluding carboxylic acids is 1. The molecule has 1 fully saturated rings. The van der Waals surface area contributed by atoms with Gasteiger partial charge >= 0.3 is 6.09 Å². The number of carbonyl (C=O) groups is 1. The van der Waals surface area contributed by atoms with E-state index >= 15 is 0 Å². The highest BCUT2D eigenvalue weighted by Crippen LogP contribution is 2.37. The molecule has 2 unspecified atom stereocenters. The Morgan fingerprint density at radius 1 is 1.21 bits per heavy atom. The molecule has 3 nitrogen and oxygen atoms in total. The fourth-order valence-corrected chi connectivity index (χ4v) is 4.01. The maximum atomic E-state index is 12.7. The van der Waals surface area contributed by atoms with Crippen LogP contribution in [0, 0.1) is 5.41 Å². The van der Waals surface area contributed by atoms with Gasteiger partial charge in [0.15, 0.2) is 0 Å². The second-order valence-corrected chi connectivity index (χ2v) is 8.37. The molecule has 0 saturated carbocycles. The smallest absolute Gasteiger partial charge is 0.410 e. The molecule has 0 N–H and O–H groups in total. The molecule has 2 bridgehead atoms. The first kappa shape index (κ1) is 17.1. The predicted octanol–water partition coefficient (Wildman–Crippen LogP) is 5.31. The summed E-state index contributed by atoms with van der Waals surface area (Å²) in [5.41, 5.74) is 2.86. The lowest BCUT2D eigenvalue weighted by Crippen LogP contribution is -2.52. The monoisotopic (exact) mass is 327 g/mol. The van der Waals surface area contributed by atoms with Gasteiger partial charge < -0.3 is 4.74 Å². The average molecular weight is 327 g/mol. The van der Waals surface area contributed by atoms with Gasteiger partial charge in [-0.25, -0.2) is 4.79 Å². The zero-order chi connectivity index (χ0) is 17.2. The van der Waals surface area contributed by atoms with Crippen LogP contribution in [0.4, 0.5) is 4.79 Å². The highest BCUT2D eigenvalue weighted by atomic mass is 16.6. The van der Waals surface area contributed by atoms with Crippen molar-refractivity contribution in [1.82, 2.24) is 4.90 Å². The second-order valence-electron chi connectivity index (χ2n) is 8.37. The minimum Gasteiger partial charge on any atom is -0.445 e. The number of nitrogens with zero attached hydrogens (tertiary/aromatic N) is 1. The Balaban J connectivity index is 1.66. The average Bonchev–Trinajstić information content (AvgIpc) is 2.51. The summed E-state index contributed by atoms with van der Waals surface area (Å²) in [6.07, 6.45) is 7.67. The number of hydrogen-bond donors (Lipinski definition) is 0. The molecule has 3 rings (SSSR count). The molecule has 2 heterocycles. The van der Waals surface area contributed by atoms with Gasteiger partial charge in [0.05, 0.1) is 6.04 Å². The molecule has 1 aromatic rings. The molecular weight excluding hydrogens is 298 g/mol. The molecular formula is C21H29NO2. The third kappa shape index (κ3) is 4.19. The molecule has 1 amide bonds. The fourth-order valence-electron chi connectivity index (χ4n) is 4.01. The zero-order valence-electron chi connectivity index (χ0n) is 15.1. The van der Waals surface area contributed by atoms with Crippen molar-refractivity contribution in [3.05, 3.63) is 47.5 Å². The van der Waals surface area contributed by atoms with E-state index in [9.17, 15) is 4.79 Å². The lowest BCUT2D eigenvalue weighted by Gasteiger charge is -2.44. The van der Waals surface area contributed by atoms with Gasteiger partial charge in [-0.15, -0.1) is 0 Å². The molecule has 3 heteroatoms. The summed E-state index contributed by atoms with van der Waals surface area (Å²) >= 11 is 0. The minimum atomic E-state index is -0.153. The van der Waals surface area contributed by atoms with Crippen LogP contribution in [-0.4, -0.2) is 23.1 Å². The number of rotatable bonds is 3. The molecule has 2 atom stereocenters. The van der Waals surface area contributed by atoms with E-state index in [1.54, 1.807) is 0 Å². The molecule has 0 radical (unpaired) electrons. The summed E-state index contributed by atoms with van der Waals surface area (Å²) in [6.45, 7) is 7.20. The van der Waals surface area contributed by atoms with Crippen molar-refractivity contribution in [2.75, 3.05) is 0 Å². The predicted molar refractivity (Wildman–Crippen MR) is 96.7 cm³/mol. The van der Waals surface area contributed by atoms with E-state index in [1.807, 2.05) is 35.2 Å². The van der Waals surface area contributed by atoms with Crippen LogP contribution in [0.1, 0.15) is 58.4 Å². The number of piperidine rings is 1. The van der Waals surface area contributed by atoms with Crippen molar-refractivity contribution in [2.24, 2.45) is 5.41 Å². The molecule has 0 aliphatic carbocycles. The van der Waals surface area contributed by atoms with Gasteiger partial charge in [0, 0.05) is 6.04 Å². The van der Waals surface area contributed by atoms with E-state index in [-0.39, 0.29) is 12.1 Å². The maximum absolute atomic E-state index is 12.7. The van der Waals surface area contributed by atoms with Crippen LogP contribution in [0.3, 0.4) is 0 Å². The first-order valence-electron chi connectivity index (χ1n) is 9.11. The quantitative estimate of drug-likeness (QED) is 0.704. The number of ether oxygens (including phenoxy) is 1. The first-order chi connectivity index (χ1) is 11.4. The Morgan fingerprint density at radius 3 is 2.62 bits per heavy atom. The molecule has 24 heavy (non-hydrogen) atoms. The van der Waals surface area contributed by atoms with E-state index in [2.05, 4.69) is 26.8 Å². The van der Waals surface area contributed by atoms with Crippen molar-refractivity contribution < 1.29 is 9.53 Å². The summed E-state index contributed by atoms with van der Waals surface area (Å²) < 4.78 is 5.60. The molecule has 1 aromatic carbocycles. The third-order valence-electron chi connectivity index (χ3n) is 4.89.